The number of carbonyl (C=O) groups excluding carboxylic acids is 1. The second-order valence-corrected chi connectivity index (χ2v) is 5.37. The van der Waals surface area contributed by atoms with Gasteiger partial charge in [-0.05, 0) is 19.3 Å². The van der Waals surface area contributed by atoms with Gasteiger partial charge in [0, 0.05) is 25.0 Å². The van der Waals surface area contributed by atoms with Gasteiger partial charge in [0.05, 0.1) is 16.6 Å². The number of nitrogens with zero attached hydrogens (tertiary/aromatic N) is 1. The zero-order valence-electron chi connectivity index (χ0n) is 10.5. The third-order valence-corrected chi connectivity index (χ3v) is 4.07. The SMILES string of the molecule is CO[C@@H]1CCC[C@@H](OC(=O)c2csc([N+](=O)[O-])c2)C1. The molecule has 7 heteroatoms. The molecule has 0 amide bonds. The molecule has 1 saturated carbocycles. The molecule has 2 atom stereocenters. The number of nitro groups is 1. The van der Waals surface area contributed by atoms with Gasteiger partial charge in [-0.2, -0.15) is 0 Å². The predicted octanol–water partition coefficient (Wildman–Crippen LogP) is 2.77. The summed E-state index contributed by atoms with van der Waals surface area (Å²) in [4.78, 5) is 21.9. The highest BCUT2D eigenvalue weighted by Gasteiger charge is 2.26. The first-order valence-corrected chi connectivity index (χ1v) is 6.95. The first kappa shape index (κ1) is 14.0. The molecule has 1 aromatic rings. The van der Waals surface area contributed by atoms with Gasteiger partial charge in [0.15, 0.2) is 0 Å². The highest BCUT2D eigenvalue weighted by Crippen LogP contribution is 2.26. The van der Waals surface area contributed by atoms with Crippen LogP contribution in [0.15, 0.2) is 11.4 Å². The number of thiophene rings is 1. The maximum atomic E-state index is 11.9. The average Bonchev–Trinajstić information content (AvgIpc) is 2.89. The van der Waals surface area contributed by atoms with E-state index in [0.29, 0.717) is 6.42 Å². The maximum absolute atomic E-state index is 11.9. The molecule has 1 aliphatic carbocycles. The predicted molar refractivity (Wildman–Crippen MR) is 69.4 cm³/mol. The molecule has 2 rings (SSSR count). The monoisotopic (exact) mass is 285 g/mol. The van der Waals surface area contributed by atoms with E-state index in [2.05, 4.69) is 0 Å². The van der Waals surface area contributed by atoms with Gasteiger partial charge < -0.3 is 9.47 Å². The molecule has 104 valence electrons. The average molecular weight is 285 g/mol. The Morgan fingerprint density at radius 1 is 1.47 bits per heavy atom. The van der Waals surface area contributed by atoms with E-state index >= 15 is 0 Å². The molecule has 0 saturated heterocycles. The molecule has 0 bridgehead atoms. The molecular weight excluding hydrogens is 270 g/mol. The normalized spacial score (nSPS) is 23.0. The quantitative estimate of drug-likeness (QED) is 0.483. The number of methoxy groups -OCH3 is 1. The molecule has 0 radical (unpaired) electrons. The number of hydrogen-bond donors (Lipinski definition) is 0. The molecule has 19 heavy (non-hydrogen) atoms. The van der Waals surface area contributed by atoms with Gasteiger partial charge in [0.25, 0.3) is 0 Å². The molecule has 1 aromatic heterocycles. The van der Waals surface area contributed by atoms with Crippen molar-refractivity contribution in [1.29, 1.82) is 0 Å². The van der Waals surface area contributed by atoms with Crippen molar-refractivity contribution in [2.24, 2.45) is 0 Å². The molecule has 1 fully saturated rings. The molecule has 1 heterocycles. The minimum atomic E-state index is -0.511. The van der Waals surface area contributed by atoms with Crippen LogP contribution in [0.1, 0.15) is 36.0 Å². The molecule has 0 unspecified atom stereocenters. The van der Waals surface area contributed by atoms with Crippen molar-refractivity contribution in [3.63, 3.8) is 0 Å². The van der Waals surface area contributed by atoms with E-state index in [4.69, 9.17) is 9.47 Å². The van der Waals surface area contributed by atoms with Crippen LogP contribution in [0.2, 0.25) is 0 Å². The molecule has 0 aliphatic heterocycles. The van der Waals surface area contributed by atoms with E-state index < -0.39 is 10.9 Å². The summed E-state index contributed by atoms with van der Waals surface area (Å²) in [6.07, 6.45) is 3.41. The number of ether oxygens (including phenoxy) is 2. The summed E-state index contributed by atoms with van der Waals surface area (Å²) in [5.74, 6) is -0.494. The van der Waals surface area contributed by atoms with Crippen molar-refractivity contribution in [1.82, 2.24) is 0 Å². The van der Waals surface area contributed by atoms with Crippen LogP contribution >= 0.6 is 11.3 Å². The first-order chi connectivity index (χ1) is 9.10. The summed E-state index contributed by atoms with van der Waals surface area (Å²) in [5.41, 5.74) is 0.247. The number of esters is 1. The van der Waals surface area contributed by atoms with Crippen molar-refractivity contribution in [3.8, 4) is 0 Å². The summed E-state index contributed by atoms with van der Waals surface area (Å²) in [6.45, 7) is 0. The molecule has 6 nitrogen and oxygen atoms in total. The van der Waals surface area contributed by atoms with Crippen LogP contribution in [-0.2, 0) is 9.47 Å². The van der Waals surface area contributed by atoms with Gasteiger partial charge in [0.2, 0.25) is 0 Å². The van der Waals surface area contributed by atoms with Crippen molar-refractivity contribution in [2.45, 2.75) is 37.9 Å². The lowest BCUT2D eigenvalue weighted by atomic mass is 9.95. The highest BCUT2D eigenvalue weighted by molar-refractivity contribution is 7.13. The van der Waals surface area contributed by atoms with Crippen molar-refractivity contribution < 1.29 is 19.2 Å². The zero-order valence-corrected chi connectivity index (χ0v) is 11.4. The van der Waals surface area contributed by atoms with Gasteiger partial charge in [0.1, 0.15) is 6.10 Å². The van der Waals surface area contributed by atoms with Crippen molar-refractivity contribution in [3.05, 3.63) is 27.1 Å². The molecular formula is C12H15NO5S. The summed E-state index contributed by atoms with van der Waals surface area (Å²) in [7, 11) is 1.65. The van der Waals surface area contributed by atoms with E-state index in [9.17, 15) is 14.9 Å². The minimum Gasteiger partial charge on any atom is -0.459 e. The Morgan fingerprint density at radius 3 is 2.84 bits per heavy atom. The first-order valence-electron chi connectivity index (χ1n) is 6.07. The standard InChI is InChI=1S/C12H15NO5S/c1-17-9-3-2-4-10(6-9)18-12(14)8-5-11(13(15)16)19-7-8/h5,7,9-10H,2-4,6H2,1H3/t9-,10-/m1/s1. The van der Waals surface area contributed by atoms with Crippen LogP contribution in [-0.4, -0.2) is 30.2 Å². The Labute approximate surface area is 114 Å². The van der Waals surface area contributed by atoms with Gasteiger partial charge in [-0.15, -0.1) is 0 Å². The molecule has 1 aliphatic rings. The minimum absolute atomic E-state index is 0.0506. The van der Waals surface area contributed by atoms with Gasteiger partial charge in [-0.1, -0.05) is 11.3 Å². The van der Waals surface area contributed by atoms with Crippen LogP contribution in [0, 0.1) is 10.1 Å². The summed E-state index contributed by atoms with van der Waals surface area (Å²) in [6, 6.07) is 1.25. The van der Waals surface area contributed by atoms with E-state index in [1.165, 1.54) is 11.4 Å². The van der Waals surface area contributed by atoms with Gasteiger partial charge >= 0.3 is 11.0 Å². The van der Waals surface area contributed by atoms with Crippen molar-refractivity contribution in [2.75, 3.05) is 7.11 Å². The number of rotatable bonds is 4. The number of hydrogen-bond acceptors (Lipinski definition) is 6. The fourth-order valence-electron chi connectivity index (χ4n) is 2.17. The Hall–Kier alpha value is -1.47. The second-order valence-electron chi connectivity index (χ2n) is 4.48. The van der Waals surface area contributed by atoms with Crippen LogP contribution in [0.5, 0.6) is 0 Å². The zero-order chi connectivity index (χ0) is 13.8. The fraction of sp³-hybridized carbons (Fsp3) is 0.583. The Morgan fingerprint density at radius 2 is 2.21 bits per heavy atom. The molecule has 0 N–H and O–H groups in total. The maximum Gasteiger partial charge on any atom is 0.339 e. The Kier molecular flexibility index (Phi) is 4.49. The van der Waals surface area contributed by atoms with Crippen molar-refractivity contribution >= 4 is 22.3 Å². The third kappa shape index (κ3) is 3.51. The van der Waals surface area contributed by atoms with E-state index in [0.717, 1.165) is 30.6 Å². The van der Waals surface area contributed by atoms with Gasteiger partial charge in [-0.25, -0.2) is 4.79 Å². The second kappa shape index (κ2) is 6.12. The Bertz CT molecular complexity index is 472. The smallest absolute Gasteiger partial charge is 0.339 e. The lowest BCUT2D eigenvalue weighted by molar-refractivity contribution is -0.380. The lowest BCUT2D eigenvalue weighted by Crippen LogP contribution is -2.29. The van der Waals surface area contributed by atoms with E-state index in [1.807, 2.05) is 0 Å². The topological polar surface area (TPSA) is 78.7 Å². The van der Waals surface area contributed by atoms with Crippen LogP contribution in [0.3, 0.4) is 0 Å². The van der Waals surface area contributed by atoms with Gasteiger partial charge in [-0.3, -0.25) is 10.1 Å². The number of carbonyl (C=O) groups is 1. The summed E-state index contributed by atoms with van der Waals surface area (Å²) >= 11 is 0.928. The fourth-order valence-corrected chi connectivity index (χ4v) is 2.86. The largest absolute Gasteiger partial charge is 0.459 e. The molecule has 0 aromatic carbocycles. The summed E-state index contributed by atoms with van der Waals surface area (Å²) < 4.78 is 10.6. The molecule has 0 spiro atoms. The Balaban J connectivity index is 1.94. The van der Waals surface area contributed by atoms with E-state index in [-0.39, 0.29) is 22.8 Å². The van der Waals surface area contributed by atoms with Crippen LogP contribution in [0.25, 0.3) is 0 Å². The van der Waals surface area contributed by atoms with Crippen LogP contribution < -0.4 is 0 Å². The summed E-state index contributed by atoms with van der Waals surface area (Å²) in [5, 5.41) is 12.0. The third-order valence-electron chi connectivity index (χ3n) is 3.19. The lowest BCUT2D eigenvalue weighted by Gasteiger charge is -2.27. The van der Waals surface area contributed by atoms with Crippen LogP contribution in [0.4, 0.5) is 5.00 Å². The highest BCUT2D eigenvalue weighted by atomic mass is 32.1. The van der Waals surface area contributed by atoms with E-state index in [1.54, 1.807) is 7.11 Å².